The van der Waals surface area contributed by atoms with Crippen LogP contribution in [0.3, 0.4) is 0 Å². The van der Waals surface area contributed by atoms with Crippen LogP contribution >= 0.6 is 162 Å². The van der Waals surface area contributed by atoms with Crippen molar-refractivity contribution in [2.24, 2.45) is 43.5 Å². The van der Waals surface area contributed by atoms with E-state index in [4.69, 9.17) is 210 Å². The molecule has 0 fully saturated rings. The smallest absolute Gasteiger partial charge is 0.413 e. The normalized spacial score (nSPS) is 16.4. The third kappa shape index (κ3) is 20.0. The Labute approximate surface area is 681 Å². The summed E-state index contributed by atoms with van der Waals surface area (Å²) in [5, 5.41) is 3.60. The lowest BCUT2D eigenvalue weighted by molar-refractivity contribution is 0.442. The Morgan fingerprint density at radius 3 is 0.491 bits per heavy atom. The summed E-state index contributed by atoms with van der Waals surface area (Å²) < 4.78 is 63.1. The molecule has 0 N–H and O–H groups in total. The van der Waals surface area contributed by atoms with Crippen LogP contribution in [0.4, 0.5) is 34.1 Å². The molecular formula is C78H48Cl12N9O6P3. The van der Waals surface area contributed by atoms with E-state index in [1.807, 2.05) is 0 Å². The van der Waals surface area contributed by atoms with Crippen LogP contribution in [0.15, 0.2) is 298 Å². The van der Waals surface area contributed by atoms with E-state index in [2.05, 4.69) is 0 Å². The first-order chi connectivity index (χ1) is 52.2. The molecule has 1 heterocycles. The number of nitrogens with zero attached hydrogens (tertiary/aromatic N) is 9. The van der Waals surface area contributed by atoms with Gasteiger partial charge in [0, 0.05) is 70.7 Å². The van der Waals surface area contributed by atoms with Crippen LogP contribution in [0.1, 0.15) is 33.4 Å². The van der Waals surface area contributed by atoms with E-state index in [0.29, 0.717) is 97.6 Å². The zero-order valence-corrected chi connectivity index (χ0v) is 66.8. The van der Waals surface area contributed by atoms with Crippen molar-refractivity contribution in [3.05, 3.63) is 348 Å². The Hall–Kier alpha value is -8.37. The first-order valence-electron chi connectivity index (χ1n) is 31.8. The molecule has 108 heavy (non-hydrogen) atoms. The maximum atomic E-state index is 7.66. The second kappa shape index (κ2) is 35.5. The summed E-state index contributed by atoms with van der Waals surface area (Å²) in [6, 6.07) is 71.7. The van der Waals surface area contributed by atoms with Crippen LogP contribution in [0.2, 0.25) is 60.3 Å². The first-order valence-corrected chi connectivity index (χ1v) is 40.9. The highest BCUT2D eigenvalue weighted by Crippen LogP contribution is 2.79. The van der Waals surface area contributed by atoms with Gasteiger partial charge in [0.2, 0.25) is 0 Å². The minimum atomic E-state index is -4.94. The highest BCUT2D eigenvalue weighted by atomic mass is 35.5. The average Bonchev–Trinajstić information content (AvgIpc) is 0.724. The molecular weight excluding hydrogens is 1680 g/mol. The second-order valence-corrected chi connectivity index (χ2v) is 33.7. The number of para-hydroxylation sites is 6. The summed E-state index contributed by atoms with van der Waals surface area (Å²) in [4.78, 5) is 29.1. The summed E-state index contributed by atoms with van der Waals surface area (Å²) in [6.45, 7) is 0. The molecule has 0 radical (unpaired) electrons. The number of rotatable bonds is 24. The standard InChI is InChI=1S/C78H48Cl12N9O6P3/c79-61-31-25-55(37-67(61)85)91-43-49-13-1-7-19-73(49)100-106(101-74-20-8-2-14-50(74)44-92-56-26-32-62(80)68(86)38-56)97-107(102-75-21-9-3-15-51(75)45-93-57-27-33-63(81)69(87)39-57,103-76-22-10-4-16-52(76)46-94-58-28-34-64(82)70(88)40-58)99-108(98-106,104-77-23-11-5-17-53(77)47-95-59-29-35-65(83)71(89)41-59)105-78-24-12-6-18-54(78)48-96-60-30-36-66(84)72(90)42-60/h1-48H. The summed E-state index contributed by atoms with van der Waals surface area (Å²) in [6.07, 6.45) is 9.43. The predicted molar refractivity (Wildman–Crippen MR) is 453 cm³/mol. The molecule has 15 nitrogen and oxygen atoms in total. The molecule has 0 saturated carbocycles. The third-order valence-corrected chi connectivity index (χ3v) is 27.5. The molecule has 1 aliphatic rings. The first kappa shape index (κ1) is 77.8. The maximum Gasteiger partial charge on any atom is 0.460 e. The van der Waals surface area contributed by atoms with Gasteiger partial charge in [0.1, 0.15) is 34.5 Å². The molecule has 1 aliphatic heterocycles. The third-order valence-electron chi connectivity index (χ3n) is 15.0. The van der Waals surface area contributed by atoms with Crippen LogP contribution in [0, 0.1) is 0 Å². The van der Waals surface area contributed by atoms with Crippen molar-refractivity contribution in [1.82, 2.24) is 0 Å². The van der Waals surface area contributed by atoms with Gasteiger partial charge in [-0.1, -0.05) is 226 Å². The number of hydrogen-bond donors (Lipinski definition) is 0. The second-order valence-electron chi connectivity index (χ2n) is 22.7. The molecule has 30 heteroatoms. The summed E-state index contributed by atoms with van der Waals surface area (Å²) in [5.74, 6) is 0.632. The van der Waals surface area contributed by atoms with Crippen LogP contribution in [0.25, 0.3) is 0 Å². The van der Waals surface area contributed by atoms with Crippen LogP contribution < -0.4 is 27.1 Å². The van der Waals surface area contributed by atoms with Gasteiger partial charge in [-0.25, -0.2) is 0 Å². The Bertz CT molecular complexity index is 4930. The zero-order chi connectivity index (χ0) is 75.4. The maximum absolute atomic E-state index is 7.66. The van der Waals surface area contributed by atoms with Crippen molar-refractivity contribution in [2.45, 2.75) is 0 Å². The predicted octanol–water partition coefficient (Wildman–Crippen LogP) is 30.7. The van der Waals surface area contributed by atoms with E-state index >= 15 is 0 Å². The van der Waals surface area contributed by atoms with Gasteiger partial charge in [-0.3, -0.25) is 30.0 Å². The molecule has 0 saturated heterocycles. The molecule has 540 valence electrons. The van der Waals surface area contributed by atoms with Crippen LogP contribution in [-0.2, 0) is 0 Å². The van der Waals surface area contributed by atoms with Gasteiger partial charge in [-0.15, -0.1) is 0 Å². The Balaban J connectivity index is 1.15. The molecule has 0 amide bonds. The van der Waals surface area contributed by atoms with Gasteiger partial charge in [0.05, 0.1) is 94.4 Å². The molecule has 0 aromatic heterocycles. The number of hydrogen-bond acceptors (Lipinski definition) is 15. The van der Waals surface area contributed by atoms with Gasteiger partial charge in [0.25, 0.3) is 0 Å². The molecule has 0 bridgehead atoms. The van der Waals surface area contributed by atoms with E-state index in [1.165, 1.54) is 0 Å². The van der Waals surface area contributed by atoms with Gasteiger partial charge in [-0.05, 0) is 182 Å². The fourth-order valence-corrected chi connectivity index (χ4v) is 20.8. The van der Waals surface area contributed by atoms with Gasteiger partial charge >= 0.3 is 23.0 Å². The number of benzene rings is 12. The van der Waals surface area contributed by atoms with Gasteiger partial charge in [-0.2, -0.15) is 0 Å². The number of halogens is 12. The zero-order valence-electron chi connectivity index (χ0n) is 55.1. The molecule has 12 aromatic rings. The molecule has 0 spiro atoms. The van der Waals surface area contributed by atoms with Crippen molar-refractivity contribution < 1.29 is 27.1 Å². The topological polar surface area (TPSA) is 167 Å². The largest absolute Gasteiger partial charge is 0.460 e. The van der Waals surface area contributed by atoms with Gasteiger partial charge in [0.15, 0.2) is 0 Å². The van der Waals surface area contributed by atoms with E-state index in [0.717, 1.165) is 0 Å². The van der Waals surface area contributed by atoms with Crippen molar-refractivity contribution in [3.63, 3.8) is 0 Å². The summed E-state index contributed by atoms with van der Waals surface area (Å²) >= 11 is 78.0. The summed E-state index contributed by atoms with van der Waals surface area (Å²) in [7, 11) is -14.8. The average molecular weight is 1730 g/mol. The van der Waals surface area contributed by atoms with E-state index in [9.17, 15) is 0 Å². The van der Waals surface area contributed by atoms with Crippen molar-refractivity contribution in [2.75, 3.05) is 0 Å². The van der Waals surface area contributed by atoms with E-state index in [-0.39, 0.29) is 64.6 Å². The van der Waals surface area contributed by atoms with E-state index in [1.54, 1.807) is 292 Å². The number of aliphatic imine (C=N–C) groups is 6. The fourth-order valence-electron chi connectivity index (χ4n) is 9.80. The quantitative estimate of drug-likeness (QED) is 0.0431. The molecule has 12 aromatic carbocycles. The summed E-state index contributed by atoms with van der Waals surface area (Å²) in [5.41, 5.74) is 4.98. The monoisotopic (exact) mass is 1720 g/mol. The fraction of sp³-hybridized carbons (Fsp3) is 0. The lowest BCUT2D eigenvalue weighted by Crippen LogP contribution is -2.13. The Morgan fingerprint density at radius 2 is 0.343 bits per heavy atom. The van der Waals surface area contributed by atoms with Crippen LogP contribution in [-0.4, -0.2) is 37.3 Å². The SMILES string of the molecule is Clc1ccc(N=Cc2ccccc2OP2(Oc3ccccc3C=Nc3ccc(Cl)c(Cl)c3)=NP(Oc3ccccc3C=Nc3ccc(Cl)c(Cl)c3)(Oc3ccccc3C=Nc3ccc(Cl)c(Cl)c3)=NP(Oc3ccccc3C=Nc3ccc(Cl)c(Cl)c3)(Oc3ccccc3C=Nc3ccc(Cl)c(Cl)c3)=N2)cc1Cl. The van der Waals surface area contributed by atoms with Gasteiger partial charge < -0.3 is 27.1 Å². The minimum absolute atomic E-state index is 0.105. The molecule has 0 aliphatic carbocycles. The highest BCUT2D eigenvalue weighted by Gasteiger charge is 2.50. The van der Waals surface area contributed by atoms with Crippen molar-refractivity contribution >= 4 is 234 Å². The van der Waals surface area contributed by atoms with Crippen LogP contribution in [0.5, 0.6) is 34.5 Å². The lowest BCUT2D eigenvalue weighted by Gasteiger charge is -2.34. The van der Waals surface area contributed by atoms with E-state index < -0.39 is 23.0 Å². The minimum Gasteiger partial charge on any atom is -0.413 e. The Morgan fingerprint density at radius 1 is 0.194 bits per heavy atom. The Kier molecular flexibility index (Phi) is 25.6. The molecule has 0 atom stereocenters. The van der Waals surface area contributed by atoms with Crippen molar-refractivity contribution in [3.8, 4) is 34.5 Å². The van der Waals surface area contributed by atoms with Crippen molar-refractivity contribution in [1.29, 1.82) is 0 Å². The molecule has 0 unspecified atom stereocenters. The lowest BCUT2D eigenvalue weighted by atomic mass is 10.2. The highest BCUT2D eigenvalue weighted by molar-refractivity contribution is 7.79. The molecule has 13 rings (SSSR count).